The monoisotopic (exact) mass is 372 g/mol. The Bertz CT molecular complexity index is 552. The van der Waals surface area contributed by atoms with Crippen LogP contribution in [0.25, 0.3) is 0 Å². The van der Waals surface area contributed by atoms with Crippen molar-refractivity contribution in [2.24, 2.45) is 29.1 Å². The summed E-state index contributed by atoms with van der Waals surface area (Å²) in [5.74, 6) is 3.73. The van der Waals surface area contributed by atoms with Crippen molar-refractivity contribution >= 4 is 11.8 Å². The Kier molecular flexibility index (Phi) is 4.72. The lowest BCUT2D eigenvalue weighted by molar-refractivity contribution is -0.146. The highest BCUT2D eigenvalue weighted by atomic mass is 16.2. The van der Waals surface area contributed by atoms with Gasteiger partial charge in [-0.3, -0.25) is 9.59 Å². The lowest BCUT2D eigenvalue weighted by Gasteiger charge is -2.57. The van der Waals surface area contributed by atoms with Crippen molar-refractivity contribution in [2.75, 3.05) is 26.2 Å². The minimum Gasteiger partial charge on any atom is -0.339 e. The third-order valence-electron chi connectivity index (χ3n) is 8.59. The second kappa shape index (κ2) is 7.08. The summed E-state index contributed by atoms with van der Waals surface area (Å²) >= 11 is 0. The summed E-state index contributed by atoms with van der Waals surface area (Å²) in [5, 5.41) is 0. The van der Waals surface area contributed by atoms with Gasteiger partial charge >= 0.3 is 0 Å². The fraction of sp³-hybridized carbons (Fsp3) is 0.913. The lowest BCUT2D eigenvalue weighted by atomic mass is 9.49. The molecule has 0 aromatic heterocycles. The molecule has 1 heterocycles. The number of piperazine rings is 1. The van der Waals surface area contributed by atoms with Gasteiger partial charge in [0.05, 0.1) is 0 Å². The van der Waals surface area contributed by atoms with E-state index in [2.05, 4.69) is 4.90 Å². The summed E-state index contributed by atoms with van der Waals surface area (Å²) in [7, 11) is 0. The second-order valence-corrected chi connectivity index (χ2v) is 10.6. The number of carbonyl (C=O) groups is 2. The van der Waals surface area contributed by atoms with E-state index in [4.69, 9.17) is 0 Å². The molecule has 0 N–H and O–H groups in total. The molecule has 0 atom stereocenters. The van der Waals surface area contributed by atoms with Crippen molar-refractivity contribution in [3.63, 3.8) is 0 Å². The van der Waals surface area contributed by atoms with Gasteiger partial charge in [-0.2, -0.15) is 0 Å². The van der Waals surface area contributed by atoms with Gasteiger partial charge < -0.3 is 9.80 Å². The lowest BCUT2D eigenvalue weighted by Crippen LogP contribution is -2.54. The molecule has 4 nitrogen and oxygen atoms in total. The molecule has 0 spiro atoms. The van der Waals surface area contributed by atoms with E-state index in [9.17, 15) is 9.59 Å². The van der Waals surface area contributed by atoms with E-state index in [0.717, 1.165) is 63.2 Å². The van der Waals surface area contributed by atoms with Crippen LogP contribution in [0, 0.1) is 29.1 Å². The fourth-order valence-electron chi connectivity index (χ4n) is 7.72. The van der Waals surface area contributed by atoms with Gasteiger partial charge in [-0.25, -0.2) is 0 Å². The Morgan fingerprint density at radius 3 is 1.81 bits per heavy atom. The molecule has 150 valence electrons. The molecule has 0 radical (unpaired) electrons. The van der Waals surface area contributed by atoms with Crippen LogP contribution in [0.2, 0.25) is 0 Å². The van der Waals surface area contributed by atoms with Crippen LogP contribution in [-0.4, -0.2) is 47.8 Å². The third kappa shape index (κ3) is 3.53. The smallest absolute Gasteiger partial charge is 0.225 e. The molecule has 0 unspecified atom stereocenters. The van der Waals surface area contributed by atoms with E-state index in [-0.39, 0.29) is 5.92 Å². The Morgan fingerprint density at radius 2 is 1.26 bits per heavy atom. The van der Waals surface area contributed by atoms with Gasteiger partial charge in [-0.05, 0) is 74.5 Å². The van der Waals surface area contributed by atoms with E-state index < -0.39 is 0 Å². The summed E-state index contributed by atoms with van der Waals surface area (Å²) < 4.78 is 0. The molecule has 2 amide bonds. The SMILES string of the molecule is O=C(CC12CC3CC(CC(C3)C1)C2)N1CCN(C(=O)C2CCCCC2)CC1. The summed E-state index contributed by atoms with van der Waals surface area (Å²) in [6.07, 6.45) is 14.9. The van der Waals surface area contributed by atoms with Gasteiger partial charge in [0.2, 0.25) is 11.8 Å². The molecule has 0 aromatic carbocycles. The first-order valence-electron chi connectivity index (χ1n) is 11.7. The zero-order chi connectivity index (χ0) is 18.4. The molecule has 6 aliphatic rings. The van der Waals surface area contributed by atoms with Crippen LogP contribution in [0.15, 0.2) is 0 Å². The van der Waals surface area contributed by atoms with Gasteiger partial charge in [0.1, 0.15) is 0 Å². The molecular weight excluding hydrogens is 336 g/mol. The molecule has 5 saturated carbocycles. The van der Waals surface area contributed by atoms with Gasteiger partial charge in [-0.1, -0.05) is 19.3 Å². The molecule has 0 aromatic rings. The topological polar surface area (TPSA) is 40.6 Å². The van der Waals surface area contributed by atoms with Crippen LogP contribution >= 0.6 is 0 Å². The Hall–Kier alpha value is -1.06. The number of hydrogen-bond acceptors (Lipinski definition) is 2. The van der Waals surface area contributed by atoms with Crippen LogP contribution in [0.5, 0.6) is 0 Å². The van der Waals surface area contributed by atoms with Crippen LogP contribution in [0.4, 0.5) is 0 Å². The van der Waals surface area contributed by atoms with E-state index in [0.29, 0.717) is 17.2 Å². The zero-order valence-corrected chi connectivity index (χ0v) is 16.8. The molecular formula is C23H36N2O2. The molecule has 4 bridgehead atoms. The van der Waals surface area contributed by atoms with E-state index in [1.54, 1.807) is 0 Å². The van der Waals surface area contributed by atoms with Crippen molar-refractivity contribution in [2.45, 2.75) is 77.0 Å². The second-order valence-electron chi connectivity index (χ2n) is 10.6. The maximum absolute atomic E-state index is 13.1. The minimum atomic E-state index is 0.257. The van der Waals surface area contributed by atoms with Gasteiger partial charge in [0.15, 0.2) is 0 Å². The summed E-state index contributed by atoms with van der Waals surface area (Å²) in [4.78, 5) is 30.0. The molecule has 5 aliphatic carbocycles. The molecule has 27 heavy (non-hydrogen) atoms. The first-order chi connectivity index (χ1) is 13.1. The Morgan fingerprint density at radius 1 is 0.741 bits per heavy atom. The number of carbonyl (C=O) groups excluding carboxylic acids is 2. The average Bonchev–Trinajstić information content (AvgIpc) is 2.67. The molecule has 6 fully saturated rings. The van der Waals surface area contributed by atoms with Gasteiger partial charge in [0.25, 0.3) is 0 Å². The van der Waals surface area contributed by atoms with Gasteiger partial charge in [0, 0.05) is 38.5 Å². The first-order valence-corrected chi connectivity index (χ1v) is 11.7. The number of amides is 2. The standard InChI is InChI=1S/C23H36N2O2/c26-21(16-23-13-17-10-18(14-23)12-19(11-17)15-23)24-6-8-25(9-7-24)22(27)20-4-2-1-3-5-20/h17-20H,1-16H2. The summed E-state index contributed by atoms with van der Waals surface area (Å²) in [6, 6.07) is 0. The third-order valence-corrected chi connectivity index (χ3v) is 8.59. The highest BCUT2D eigenvalue weighted by Crippen LogP contribution is 2.61. The molecule has 6 rings (SSSR count). The quantitative estimate of drug-likeness (QED) is 0.755. The summed E-state index contributed by atoms with van der Waals surface area (Å²) in [5.41, 5.74) is 0.334. The zero-order valence-electron chi connectivity index (χ0n) is 16.8. The fourth-order valence-corrected chi connectivity index (χ4v) is 7.72. The molecule has 1 aliphatic heterocycles. The minimum absolute atomic E-state index is 0.257. The largest absolute Gasteiger partial charge is 0.339 e. The van der Waals surface area contributed by atoms with E-state index in [1.165, 1.54) is 57.8 Å². The van der Waals surface area contributed by atoms with Crippen LogP contribution in [0.3, 0.4) is 0 Å². The highest BCUT2D eigenvalue weighted by molar-refractivity contribution is 5.80. The average molecular weight is 373 g/mol. The number of nitrogens with zero attached hydrogens (tertiary/aromatic N) is 2. The maximum Gasteiger partial charge on any atom is 0.225 e. The van der Waals surface area contributed by atoms with Crippen molar-refractivity contribution in [3.8, 4) is 0 Å². The first kappa shape index (κ1) is 18.0. The normalized spacial score (nSPS) is 39.0. The van der Waals surface area contributed by atoms with Gasteiger partial charge in [-0.15, -0.1) is 0 Å². The van der Waals surface area contributed by atoms with Crippen molar-refractivity contribution in [1.29, 1.82) is 0 Å². The summed E-state index contributed by atoms with van der Waals surface area (Å²) in [6.45, 7) is 3.01. The van der Waals surface area contributed by atoms with Crippen molar-refractivity contribution in [1.82, 2.24) is 9.80 Å². The van der Waals surface area contributed by atoms with Crippen LogP contribution < -0.4 is 0 Å². The van der Waals surface area contributed by atoms with E-state index in [1.807, 2.05) is 4.90 Å². The predicted octanol–water partition coefficient (Wildman–Crippen LogP) is 3.84. The van der Waals surface area contributed by atoms with Crippen LogP contribution in [-0.2, 0) is 9.59 Å². The highest BCUT2D eigenvalue weighted by Gasteiger charge is 2.51. The van der Waals surface area contributed by atoms with Crippen LogP contribution in [0.1, 0.15) is 77.0 Å². The predicted molar refractivity (Wildman–Crippen MR) is 105 cm³/mol. The Balaban J connectivity index is 1.14. The molecule has 1 saturated heterocycles. The molecule has 4 heteroatoms. The van der Waals surface area contributed by atoms with Crippen molar-refractivity contribution < 1.29 is 9.59 Å². The number of rotatable bonds is 3. The van der Waals surface area contributed by atoms with Crippen molar-refractivity contribution in [3.05, 3.63) is 0 Å². The number of hydrogen-bond donors (Lipinski definition) is 0. The van der Waals surface area contributed by atoms with E-state index >= 15 is 0 Å². The maximum atomic E-state index is 13.1. The Labute approximate surface area is 164 Å².